The Morgan fingerprint density at radius 2 is 1.66 bits per heavy atom. The molecule has 0 saturated carbocycles. The van der Waals surface area contributed by atoms with Crippen molar-refractivity contribution < 1.29 is 19.1 Å². The van der Waals surface area contributed by atoms with Crippen LogP contribution >= 0.6 is 0 Å². The lowest BCUT2D eigenvalue weighted by Crippen LogP contribution is -2.39. The number of carbonyl (C=O) groups excluding carboxylic acids is 3. The molecular weight excluding hydrogens is 482 g/mol. The second-order valence-electron chi connectivity index (χ2n) is 10.1. The van der Waals surface area contributed by atoms with E-state index in [1.54, 1.807) is 67.2 Å². The number of ketones is 1. The fourth-order valence-electron chi connectivity index (χ4n) is 5.39. The Balaban J connectivity index is 1.40. The van der Waals surface area contributed by atoms with Crippen molar-refractivity contribution in [3.8, 4) is 5.75 Å². The molecule has 2 aromatic carbocycles. The largest absolute Gasteiger partial charge is 0.492 e. The number of fused-ring (bicyclic) bond motifs is 4. The summed E-state index contributed by atoms with van der Waals surface area (Å²) in [4.78, 5) is 56.9. The molecule has 0 fully saturated rings. The zero-order valence-corrected chi connectivity index (χ0v) is 22.1. The first-order valence-corrected chi connectivity index (χ1v) is 12.6. The highest BCUT2D eigenvalue weighted by molar-refractivity contribution is 6.21. The van der Waals surface area contributed by atoms with Crippen molar-refractivity contribution in [1.29, 1.82) is 0 Å². The molecule has 2 atom stereocenters. The molecule has 3 heterocycles. The molecule has 8 heteroatoms. The van der Waals surface area contributed by atoms with E-state index in [0.29, 0.717) is 45.5 Å². The van der Waals surface area contributed by atoms with Crippen LogP contribution in [0.25, 0.3) is 21.7 Å². The van der Waals surface area contributed by atoms with Gasteiger partial charge in [-0.1, -0.05) is 19.1 Å². The molecule has 194 valence electrons. The van der Waals surface area contributed by atoms with E-state index in [1.807, 2.05) is 13.8 Å². The van der Waals surface area contributed by atoms with Gasteiger partial charge in [0, 0.05) is 30.7 Å². The number of benzene rings is 2. The third kappa shape index (κ3) is 4.06. The van der Waals surface area contributed by atoms with E-state index in [4.69, 9.17) is 4.74 Å². The molecule has 8 nitrogen and oxygen atoms in total. The van der Waals surface area contributed by atoms with Gasteiger partial charge in [-0.15, -0.1) is 0 Å². The van der Waals surface area contributed by atoms with E-state index in [2.05, 4.69) is 4.98 Å². The Morgan fingerprint density at radius 1 is 1.00 bits per heavy atom. The van der Waals surface area contributed by atoms with Crippen LogP contribution in [0.1, 0.15) is 64.0 Å². The standard InChI is InChI=1S/C30H29N3O5/c1-16(12-17(2)33-28(35)21-8-6-7-9-22(21)29(33)36)15-38-26-14-25-24(13-23(26)19(4)34)20-10-11-31-18(3)27(20)30(37)32(25)5/h6-11,13-14,16-17H,12,15H2,1-5H3. The first-order valence-electron chi connectivity index (χ1n) is 12.6. The van der Waals surface area contributed by atoms with E-state index in [9.17, 15) is 19.2 Å². The fraction of sp³-hybridized carbons (Fsp3) is 0.300. The van der Waals surface area contributed by atoms with E-state index in [-0.39, 0.29) is 41.7 Å². The van der Waals surface area contributed by atoms with Gasteiger partial charge in [0.05, 0.1) is 39.9 Å². The minimum atomic E-state index is -0.325. The zero-order chi connectivity index (χ0) is 27.3. The van der Waals surface area contributed by atoms with Gasteiger partial charge < -0.3 is 9.30 Å². The van der Waals surface area contributed by atoms with E-state index in [1.165, 1.54) is 11.8 Å². The number of imide groups is 1. The molecule has 0 radical (unpaired) electrons. The number of ether oxygens (including phenoxy) is 1. The smallest absolute Gasteiger partial charge is 0.261 e. The molecule has 0 bridgehead atoms. The molecule has 0 aliphatic carbocycles. The molecule has 2 unspecified atom stereocenters. The molecule has 0 saturated heterocycles. The minimum absolute atomic E-state index is 0.0287. The number of carbonyl (C=O) groups is 3. The number of hydrogen-bond acceptors (Lipinski definition) is 6. The molecule has 2 amide bonds. The van der Waals surface area contributed by atoms with Crippen molar-refractivity contribution in [2.75, 3.05) is 6.61 Å². The average Bonchev–Trinajstić information content (AvgIpc) is 3.15. The highest BCUT2D eigenvalue weighted by atomic mass is 16.5. The summed E-state index contributed by atoms with van der Waals surface area (Å²) in [6.07, 6.45) is 2.19. The highest BCUT2D eigenvalue weighted by Crippen LogP contribution is 2.32. The van der Waals surface area contributed by atoms with Crippen LogP contribution in [0, 0.1) is 12.8 Å². The van der Waals surface area contributed by atoms with Crippen LogP contribution in [0.2, 0.25) is 0 Å². The first-order chi connectivity index (χ1) is 18.1. The SMILES string of the molecule is CC(=O)c1cc2c3ccnc(C)c3c(=O)n(C)c2cc1OCC(C)CC(C)N1C(=O)c2ccccc2C1=O. The molecular formula is C30H29N3O5. The number of aryl methyl sites for hydroxylation is 2. The van der Waals surface area contributed by atoms with Gasteiger partial charge in [0.25, 0.3) is 17.4 Å². The summed E-state index contributed by atoms with van der Waals surface area (Å²) >= 11 is 0. The molecule has 1 aliphatic rings. The van der Waals surface area contributed by atoms with E-state index in [0.717, 1.165) is 10.8 Å². The predicted octanol–water partition coefficient (Wildman–Crippen LogP) is 4.69. The summed E-state index contributed by atoms with van der Waals surface area (Å²) in [5.41, 5.74) is 2.41. The summed E-state index contributed by atoms with van der Waals surface area (Å²) < 4.78 is 7.69. The Morgan fingerprint density at radius 3 is 2.29 bits per heavy atom. The van der Waals surface area contributed by atoms with Crippen LogP contribution in [0.4, 0.5) is 0 Å². The Kier molecular flexibility index (Phi) is 6.34. The second-order valence-corrected chi connectivity index (χ2v) is 10.1. The Hall–Kier alpha value is -4.33. The van der Waals surface area contributed by atoms with Gasteiger partial charge in [0.1, 0.15) is 5.75 Å². The minimum Gasteiger partial charge on any atom is -0.492 e. The van der Waals surface area contributed by atoms with Crippen LogP contribution < -0.4 is 10.3 Å². The molecule has 4 aromatic rings. The summed E-state index contributed by atoms with van der Waals surface area (Å²) in [7, 11) is 1.69. The van der Waals surface area contributed by atoms with Crippen LogP contribution in [0.15, 0.2) is 53.5 Å². The summed E-state index contributed by atoms with van der Waals surface area (Å²) in [5, 5.41) is 2.05. The van der Waals surface area contributed by atoms with Crippen LogP contribution in [0.5, 0.6) is 5.75 Å². The van der Waals surface area contributed by atoms with E-state index < -0.39 is 0 Å². The monoisotopic (exact) mass is 511 g/mol. The van der Waals surface area contributed by atoms with Crippen molar-refractivity contribution in [2.45, 2.75) is 40.2 Å². The van der Waals surface area contributed by atoms with Crippen LogP contribution in [0.3, 0.4) is 0 Å². The summed E-state index contributed by atoms with van der Waals surface area (Å²) in [6.45, 7) is 7.38. The number of hydrogen-bond donors (Lipinski definition) is 0. The van der Waals surface area contributed by atoms with Gasteiger partial charge in [0.15, 0.2) is 5.78 Å². The van der Waals surface area contributed by atoms with Gasteiger partial charge in [-0.05, 0) is 62.8 Å². The Bertz CT molecular complexity index is 1670. The number of nitrogens with zero attached hydrogens (tertiary/aromatic N) is 3. The molecule has 38 heavy (non-hydrogen) atoms. The molecule has 0 N–H and O–H groups in total. The average molecular weight is 512 g/mol. The van der Waals surface area contributed by atoms with Gasteiger partial charge >= 0.3 is 0 Å². The van der Waals surface area contributed by atoms with Crippen molar-refractivity contribution in [3.05, 3.63) is 81.4 Å². The second kappa shape index (κ2) is 9.52. The molecule has 5 rings (SSSR count). The van der Waals surface area contributed by atoms with Crippen molar-refractivity contribution in [3.63, 3.8) is 0 Å². The molecule has 1 aliphatic heterocycles. The van der Waals surface area contributed by atoms with Gasteiger partial charge in [-0.2, -0.15) is 0 Å². The van der Waals surface area contributed by atoms with Crippen molar-refractivity contribution in [2.24, 2.45) is 13.0 Å². The normalized spacial score (nSPS) is 14.7. The highest BCUT2D eigenvalue weighted by Gasteiger charge is 2.38. The van der Waals surface area contributed by atoms with Crippen LogP contribution in [-0.4, -0.2) is 44.7 Å². The maximum atomic E-state index is 13.1. The van der Waals surface area contributed by atoms with Crippen molar-refractivity contribution >= 4 is 39.3 Å². The fourth-order valence-corrected chi connectivity index (χ4v) is 5.39. The lowest BCUT2D eigenvalue weighted by Gasteiger charge is -2.25. The molecule has 2 aromatic heterocycles. The van der Waals surface area contributed by atoms with E-state index >= 15 is 0 Å². The summed E-state index contributed by atoms with van der Waals surface area (Å²) in [6, 6.07) is 11.8. The lowest BCUT2D eigenvalue weighted by atomic mass is 10.0. The number of aromatic nitrogens is 2. The lowest BCUT2D eigenvalue weighted by molar-refractivity contribution is 0.0570. The quantitative estimate of drug-likeness (QED) is 0.203. The van der Waals surface area contributed by atoms with Gasteiger partial charge in [0.2, 0.25) is 0 Å². The number of Topliss-reactive ketones (excluding diaryl/α,β-unsaturated/α-hetero) is 1. The summed E-state index contributed by atoms with van der Waals surface area (Å²) in [5.74, 6) is -0.345. The van der Waals surface area contributed by atoms with Crippen molar-refractivity contribution in [1.82, 2.24) is 14.5 Å². The van der Waals surface area contributed by atoms with Crippen LogP contribution in [-0.2, 0) is 7.05 Å². The maximum Gasteiger partial charge on any atom is 0.261 e. The topological polar surface area (TPSA) is 98.6 Å². The number of pyridine rings is 2. The number of rotatable bonds is 7. The third-order valence-corrected chi connectivity index (χ3v) is 7.32. The predicted molar refractivity (Wildman–Crippen MR) is 145 cm³/mol. The first kappa shape index (κ1) is 25.3. The number of amides is 2. The van der Waals surface area contributed by atoms with Gasteiger partial charge in [-0.25, -0.2) is 0 Å². The van der Waals surface area contributed by atoms with Gasteiger partial charge in [-0.3, -0.25) is 29.1 Å². The maximum absolute atomic E-state index is 13.1. The molecule has 0 spiro atoms. The Labute approximate surface area is 219 Å². The third-order valence-electron chi connectivity index (χ3n) is 7.32. The zero-order valence-electron chi connectivity index (χ0n) is 22.1.